The number of nitrogens with one attached hydrogen (secondary N) is 1. The first-order valence-electron chi connectivity index (χ1n) is 5.88. The van der Waals surface area contributed by atoms with Crippen molar-refractivity contribution < 1.29 is 0 Å². The summed E-state index contributed by atoms with van der Waals surface area (Å²) >= 11 is 0. The predicted octanol–water partition coefficient (Wildman–Crippen LogP) is 2.39. The lowest BCUT2D eigenvalue weighted by Crippen LogP contribution is -2.24. The van der Waals surface area contributed by atoms with Crippen molar-refractivity contribution in [2.24, 2.45) is 0 Å². The monoisotopic (exact) mass is 209 g/mol. The van der Waals surface area contributed by atoms with E-state index < -0.39 is 0 Å². The van der Waals surface area contributed by atoms with Crippen LogP contribution in [0.3, 0.4) is 0 Å². The van der Waals surface area contributed by atoms with Gasteiger partial charge in [0.05, 0.1) is 5.69 Å². The molecule has 1 rings (SSSR count). The van der Waals surface area contributed by atoms with Gasteiger partial charge in [-0.05, 0) is 46.2 Å². The second-order valence-electron chi connectivity index (χ2n) is 4.31. The van der Waals surface area contributed by atoms with Crippen molar-refractivity contribution in [1.82, 2.24) is 15.1 Å². The largest absolute Gasteiger partial charge is 0.317 e. The molecule has 0 saturated heterocycles. The maximum absolute atomic E-state index is 4.54. The first-order chi connectivity index (χ1) is 7.17. The molecule has 86 valence electrons. The van der Waals surface area contributed by atoms with Crippen molar-refractivity contribution in [2.45, 2.75) is 52.1 Å². The SMILES string of the molecule is CCC(CCc1ccn(C(C)C)n1)NC. The minimum absolute atomic E-state index is 0.463. The third kappa shape index (κ3) is 3.67. The molecule has 3 heteroatoms. The van der Waals surface area contributed by atoms with Crippen LogP contribution in [0.15, 0.2) is 12.3 Å². The van der Waals surface area contributed by atoms with E-state index in [4.69, 9.17) is 0 Å². The van der Waals surface area contributed by atoms with Gasteiger partial charge in [-0.3, -0.25) is 4.68 Å². The van der Waals surface area contributed by atoms with Crippen LogP contribution in [0.4, 0.5) is 0 Å². The molecule has 1 aromatic rings. The lowest BCUT2D eigenvalue weighted by atomic mass is 10.1. The Bertz CT molecular complexity index is 274. The zero-order valence-corrected chi connectivity index (χ0v) is 10.3. The van der Waals surface area contributed by atoms with Crippen LogP contribution >= 0.6 is 0 Å². The van der Waals surface area contributed by atoms with Crippen molar-refractivity contribution in [3.63, 3.8) is 0 Å². The zero-order chi connectivity index (χ0) is 11.3. The Morgan fingerprint density at radius 1 is 1.47 bits per heavy atom. The molecule has 0 fully saturated rings. The van der Waals surface area contributed by atoms with Crippen LogP contribution < -0.4 is 5.32 Å². The third-order valence-corrected chi connectivity index (χ3v) is 2.84. The maximum atomic E-state index is 4.54. The van der Waals surface area contributed by atoms with Crippen molar-refractivity contribution in [3.05, 3.63) is 18.0 Å². The molecular weight excluding hydrogens is 186 g/mol. The normalized spacial score (nSPS) is 13.4. The number of nitrogens with zero attached hydrogens (tertiary/aromatic N) is 2. The molecule has 0 bridgehead atoms. The number of aryl methyl sites for hydroxylation is 1. The topological polar surface area (TPSA) is 29.9 Å². The van der Waals surface area contributed by atoms with E-state index in [1.165, 1.54) is 18.5 Å². The molecule has 0 amide bonds. The molecule has 1 heterocycles. The lowest BCUT2D eigenvalue weighted by Gasteiger charge is -2.12. The van der Waals surface area contributed by atoms with Gasteiger partial charge in [0.25, 0.3) is 0 Å². The van der Waals surface area contributed by atoms with Crippen molar-refractivity contribution in [1.29, 1.82) is 0 Å². The van der Waals surface area contributed by atoms with Gasteiger partial charge in [0.1, 0.15) is 0 Å². The van der Waals surface area contributed by atoms with E-state index in [9.17, 15) is 0 Å². The Kier molecular flexibility index (Phi) is 4.82. The van der Waals surface area contributed by atoms with E-state index in [1.54, 1.807) is 0 Å². The van der Waals surface area contributed by atoms with E-state index in [2.05, 4.69) is 43.4 Å². The fraction of sp³-hybridized carbons (Fsp3) is 0.750. The summed E-state index contributed by atoms with van der Waals surface area (Å²) < 4.78 is 2.02. The smallest absolute Gasteiger partial charge is 0.0625 e. The highest BCUT2D eigenvalue weighted by Crippen LogP contribution is 2.08. The number of aromatic nitrogens is 2. The van der Waals surface area contributed by atoms with Gasteiger partial charge in [-0.2, -0.15) is 5.10 Å². The predicted molar refractivity (Wildman–Crippen MR) is 64.1 cm³/mol. The van der Waals surface area contributed by atoms with Gasteiger partial charge in [-0.15, -0.1) is 0 Å². The molecule has 1 atom stereocenters. The number of hydrogen-bond acceptors (Lipinski definition) is 2. The molecule has 0 aliphatic rings. The summed E-state index contributed by atoms with van der Waals surface area (Å²) in [5.74, 6) is 0. The Labute approximate surface area is 92.9 Å². The number of rotatable bonds is 6. The van der Waals surface area contributed by atoms with Crippen LogP contribution in [0.25, 0.3) is 0 Å². The highest BCUT2D eigenvalue weighted by atomic mass is 15.3. The fourth-order valence-electron chi connectivity index (χ4n) is 1.67. The minimum atomic E-state index is 0.463. The Morgan fingerprint density at radius 2 is 2.20 bits per heavy atom. The van der Waals surface area contributed by atoms with E-state index in [0.717, 1.165) is 6.42 Å². The molecular formula is C12H23N3. The Balaban J connectivity index is 2.43. The van der Waals surface area contributed by atoms with Crippen LogP contribution in [0.5, 0.6) is 0 Å². The summed E-state index contributed by atoms with van der Waals surface area (Å²) in [4.78, 5) is 0. The van der Waals surface area contributed by atoms with E-state index in [0.29, 0.717) is 12.1 Å². The van der Waals surface area contributed by atoms with Crippen molar-refractivity contribution >= 4 is 0 Å². The van der Waals surface area contributed by atoms with E-state index in [1.807, 2.05) is 11.7 Å². The summed E-state index contributed by atoms with van der Waals surface area (Å²) in [6.45, 7) is 6.52. The van der Waals surface area contributed by atoms with Crippen LogP contribution in [0.1, 0.15) is 45.3 Å². The minimum Gasteiger partial charge on any atom is -0.317 e. The van der Waals surface area contributed by atoms with Gasteiger partial charge < -0.3 is 5.32 Å². The molecule has 1 N–H and O–H groups in total. The van der Waals surface area contributed by atoms with Gasteiger partial charge in [0.2, 0.25) is 0 Å². The molecule has 1 aromatic heterocycles. The third-order valence-electron chi connectivity index (χ3n) is 2.84. The molecule has 0 saturated carbocycles. The summed E-state index contributed by atoms with van der Waals surface area (Å²) in [6.07, 6.45) is 5.49. The summed E-state index contributed by atoms with van der Waals surface area (Å²) in [5, 5.41) is 7.86. The molecule has 0 aliphatic carbocycles. The molecule has 0 aliphatic heterocycles. The molecule has 0 aromatic carbocycles. The number of hydrogen-bond donors (Lipinski definition) is 1. The van der Waals surface area contributed by atoms with Gasteiger partial charge >= 0.3 is 0 Å². The van der Waals surface area contributed by atoms with Gasteiger partial charge in [0, 0.05) is 18.3 Å². The van der Waals surface area contributed by atoms with Crippen molar-refractivity contribution in [2.75, 3.05) is 7.05 Å². The lowest BCUT2D eigenvalue weighted by molar-refractivity contribution is 0.494. The zero-order valence-electron chi connectivity index (χ0n) is 10.3. The van der Waals surface area contributed by atoms with Crippen molar-refractivity contribution in [3.8, 4) is 0 Å². The molecule has 3 nitrogen and oxygen atoms in total. The standard InChI is InChI=1S/C12H23N3/c1-5-11(13-4)6-7-12-8-9-15(14-12)10(2)3/h8-11,13H,5-7H2,1-4H3. The Morgan fingerprint density at radius 3 is 2.67 bits per heavy atom. The molecule has 15 heavy (non-hydrogen) atoms. The first-order valence-corrected chi connectivity index (χ1v) is 5.88. The highest BCUT2D eigenvalue weighted by molar-refractivity contribution is 5.00. The van der Waals surface area contributed by atoms with Crippen LogP contribution in [0, 0.1) is 0 Å². The van der Waals surface area contributed by atoms with Crippen LogP contribution in [-0.2, 0) is 6.42 Å². The average Bonchev–Trinajstić information content (AvgIpc) is 2.68. The second kappa shape index (κ2) is 5.91. The van der Waals surface area contributed by atoms with Gasteiger partial charge in [-0.1, -0.05) is 6.92 Å². The van der Waals surface area contributed by atoms with E-state index in [-0.39, 0.29) is 0 Å². The highest BCUT2D eigenvalue weighted by Gasteiger charge is 2.06. The fourth-order valence-corrected chi connectivity index (χ4v) is 1.67. The summed E-state index contributed by atoms with van der Waals surface area (Å²) in [6, 6.07) is 3.21. The quantitative estimate of drug-likeness (QED) is 0.779. The Hall–Kier alpha value is -0.830. The first kappa shape index (κ1) is 12.2. The molecule has 0 radical (unpaired) electrons. The second-order valence-corrected chi connectivity index (χ2v) is 4.31. The molecule has 0 spiro atoms. The summed E-state index contributed by atoms with van der Waals surface area (Å²) in [7, 11) is 2.03. The average molecular weight is 209 g/mol. The van der Waals surface area contributed by atoms with Crippen LogP contribution in [-0.4, -0.2) is 22.9 Å². The summed E-state index contributed by atoms with van der Waals surface area (Å²) in [5.41, 5.74) is 1.21. The van der Waals surface area contributed by atoms with Gasteiger partial charge in [0.15, 0.2) is 0 Å². The molecule has 1 unspecified atom stereocenters. The van der Waals surface area contributed by atoms with E-state index >= 15 is 0 Å². The maximum Gasteiger partial charge on any atom is 0.0625 e. The van der Waals surface area contributed by atoms with Crippen LogP contribution in [0.2, 0.25) is 0 Å². The van der Waals surface area contributed by atoms with Gasteiger partial charge in [-0.25, -0.2) is 0 Å².